The van der Waals surface area contributed by atoms with Gasteiger partial charge in [-0.1, -0.05) is 32.0 Å². The highest BCUT2D eigenvalue weighted by Crippen LogP contribution is 2.35. The second-order valence-electron chi connectivity index (χ2n) is 7.18. The molecule has 1 aromatic carbocycles. The van der Waals surface area contributed by atoms with Crippen molar-refractivity contribution in [3.05, 3.63) is 52.3 Å². The molecule has 24 heavy (non-hydrogen) atoms. The topological polar surface area (TPSA) is 38.1 Å². The van der Waals surface area contributed by atoms with Crippen LogP contribution < -0.4 is 0 Å². The summed E-state index contributed by atoms with van der Waals surface area (Å²) >= 11 is 0. The van der Waals surface area contributed by atoms with Crippen molar-refractivity contribution in [1.29, 1.82) is 0 Å². The predicted octanol–water partition coefficient (Wildman–Crippen LogP) is 4.14. The Morgan fingerprint density at radius 1 is 1.29 bits per heavy atom. The zero-order valence-corrected chi connectivity index (χ0v) is 15.3. The molecule has 0 radical (unpaired) electrons. The Bertz CT molecular complexity index is 760. The first kappa shape index (κ1) is 16.7. The highest BCUT2D eigenvalue weighted by atomic mass is 16.2. The van der Waals surface area contributed by atoms with E-state index in [0.717, 1.165) is 25.1 Å². The summed E-state index contributed by atoms with van der Waals surface area (Å²) < 4.78 is 1.83. The molecule has 2 heterocycles. The van der Waals surface area contributed by atoms with E-state index >= 15 is 0 Å². The summed E-state index contributed by atoms with van der Waals surface area (Å²) in [6.07, 6.45) is 2.08. The van der Waals surface area contributed by atoms with E-state index in [1.54, 1.807) is 0 Å². The van der Waals surface area contributed by atoms with Crippen LogP contribution in [0.5, 0.6) is 0 Å². The van der Waals surface area contributed by atoms with Gasteiger partial charge in [0, 0.05) is 19.3 Å². The van der Waals surface area contributed by atoms with Crippen LogP contribution in [0.15, 0.2) is 24.3 Å². The molecule has 4 heteroatoms. The van der Waals surface area contributed by atoms with Gasteiger partial charge >= 0.3 is 0 Å². The minimum atomic E-state index is 0.0564. The fourth-order valence-electron chi connectivity index (χ4n) is 3.74. The lowest BCUT2D eigenvalue weighted by molar-refractivity contribution is 0.0728. The zero-order chi connectivity index (χ0) is 17.4. The quantitative estimate of drug-likeness (QED) is 0.850. The maximum atomic E-state index is 13.1. The maximum Gasteiger partial charge on any atom is 0.274 e. The Hall–Kier alpha value is -2.10. The monoisotopic (exact) mass is 325 g/mol. The van der Waals surface area contributed by atoms with Gasteiger partial charge in [0.1, 0.15) is 0 Å². The van der Waals surface area contributed by atoms with Crippen LogP contribution in [-0.2, 0) is 7.05 Å². The van der Waals surface area contributed by atoms with Gasteiger partial charge in [-0.15, -0.1) is 0 Å². The van der Waals surface area contributed by atoms with Crippen molar-refractivity contribution in [2.75, 3.05) is 6.54 Å². The fourth-order valence-corrected chi connectivity index (χ4v) is 3.74. The molecule has 0 aliphatic carbocycles. The molecule has 1 aliphatic rings. The van der Waals surface area contributed by atoms with Gasteiger partial charge in [-0.25, -0.2) is 0 Å². The first-order valence-corrected chi connectivity index (χ1v) is 8.81. The summed E-state index contributed by atoms with van der Waals surface area (Å²) in [4.78, 5) is 15.1. The van der Waals surface area contributed by atoms with E-state index in [2.05, 4.69) is 51.0 Å². The smallest absolute Gasteiger partial charge is 0.274 e. The van der Waals surface area contributed by atoms with E-state index in [0.29, 0.717) is 11.6 Å². The first-order valence-electron chi connectivity index (χ1n) is 8.81. The van der Waals surface area contributed by atoms with Crippen molar-refractivity contribution in [1.82, 2.24) is 14.7 Å². The highest BCUT2D eigenvalue weighted by molar-refractivity contribution is 5.93. The highest BCUT2D eigenvalue weighted by Gasteiger charge is 2.33. The minimum absolute atomic E-state index is 0.0564. The molecule has 0 N–H and O–H groups in total. The molecule has 1 aromatic heterocycles. The lowest BCUT2D eigenvalue weighted by atomic mass is 9.96. The van der Waals surface area contributed by atoms with E-state index < -0.39 is 0 Å². The number of nitrogens with zero attached hydrogens (tertiary/aromatic N) is 3. The van der Waals surface area contributed by atoms with E-state index in [-0.39, 0.29) is 11.9 Å². The fraction of sp³-hybridized carbons (Fsp3) is 0.500. The molecule has 1 saturated heterocycles. The molecule has 128 valence electrons. The Balaban J connectivity index is 1.92. The molecule has 4 nitrogen and oxygen atoms in total. The maximum absolute atomic E-state index is 13.1. The van der Waals surface area contributed by atoms with Gasteiger partial charge in [0.15, 0.2) is 5.69 Å². The molecular weight excluding hydrogens is 298 g/mol. The largest absolute Gasteiger partial charge is 0.330 e. The Kier molecular flexibility index (Phi) is 4.48. The van der Waals surface area contributed by atoms with Gasteiger partial charge in [-0.05, 0) is 55.4 Å². The van der Waals surface area contributed by atoms with Crippen LogP contribution in [0.3, 0.4) is 0 Å². The lowest BCUT2D eigenvalue weighted by Crippen LogP contribution is -2.31. The minimum Gasteiger partial charge on any atom is -0.330 e. The lowest BCUT2D eigenvalue weighted by Gasteiger charge is -2.26. The van der Waals surface area contributed by atoms with Crippen molar-refractivity contribution in [3.63, 3.8) is 0 Å². The molecule has 0 spiro atoms. The van der Waals surface area contributed by atoms with Crippen LogP contribution in [0.1, 0.15) is 71.5 Å². The van der Waals surface area contributed by atoms with Crippen molar-refractivity contribution < 1.29 is 4.79 Å². The summed E-state index contributed by atoms with van der Waals surface area (Å²) in [6.45, 7) is 9.35. The van der Waals surface area contributed by atoms with Gasteiger partial charge < -0.3 is 4.90 Å². The molecule has 1 aliphatic heterocycles. The summed E-state index contributed by atoms with van der Waals surface area (Å²) in [5.74, 6) is 0.415. The summed E-state index contributed by atoms with van der Waals surface area (Å²) in [7, 11) is 1.91. The van der Waals surface area contributed by atoms with Crippen molar-refractivity contribution >= 4 is 5.91 Å². The molecule has 1 atom stereocenters. The standard InChI is InChI=1S/C20H27N3O/c1-13(2)19-12-17(21-22(19)5)20(24)23-11-7-10-18(23)16-9-6-8-14(3)15(16)4/h6,8-9,12-13,18H,7,10-11H2,1-5H3/t18-/m0/s1. The normalized spacial score (nSPS) is 17.8. The number of aromatic nitrogens is 2. The van der Waals surface area contributed by atoms with Crippen LogP contribution in [0.25, 0.3) is 0 Å². The molecule has 3 rings (SSSR count). The summed E-state index contributed by atoms with van der Waals surface area (Å²) in [5, 5.41) is 4.47. The number of carbonyl (C=O) groups excluding carboxylic acids is 1. The predicted molar refractivity (Wildman–Crippen MR) is 96.2 cm³/mol. The van der Waals surface area contributed by atoms with Gasteiger partial charge in [0.05, 0.1) is 6.04 Å². The zero-order valence-electron chi connectivity index (χ0n) is 15.3. The van der Waals surface area contributed by atoms with E-state index in [1.165, 1.54) is 16.7 Å². The first-order chi connectivity index (χ1) is 11.4. The van der Waals surface area contributed by atoms with Crippen molar-refractivity contribution in [3.8, 4) is 0 Å². The van der Waals surface area contributed by atoms with Crippen LogP contribution in [0, 0.1) is 13.8 Å². The molecule has 0 bridgehead atoms. The molecule has 1 fully saturated rings. The van der Waals surface area contributed by atoms with Crippen LogP contribution in [0.2, 0.25) is 0 Å². The third kappa shape index (κ3) is 2.85. The number of rotatable bonds is 3. The van der Waals surface area contributed by atoms with E-state index in [1.807, 2.05) is 22.7 Å². The van der Waals surface area contributed by atoms with Gasteiger partial charge in [0.2, 0.25) is 0 Å². The SMILES string of the molecule is Cc1cccc([C@@H]2CCCN2C(=O)c2cc(C(C)C)n(C)n2)c1C. The second kappa shape index (κ2) is 6.42. The molecule has 2 aromatic rings. The Morgan fingerprint density at radius 2 is 2.04 bits per heavy atom. The van der Waals surface area contributed by atoms with Crippen molar-refractivity contribution in [2.24, 2.45) is 7.05 Å². The molecule has 0 unspecified atom stereocenters. The van der Waals surface area contributed by atoms with Crippen molar-refractivity contribution in [2.45, 2.75) is 52.5 Å². The third-order valence-corrected chi connectivity index (χ3v) is 5.25. The number of aryl methyl sites for hydroxylation is 2. The van der Waals surface area contributed by atoms with Gasteiger partial charge in [-0.3, -0.25) is 9.48 Å². The average Bonchev–Trinajstić information content (AvgIpc) is 3.16. The Labute approximate surface area is 144 Å². The van der Waals surface area contributed by atoms with Crippen LogP contribution in [-0.4, -0.2) is 27.1 Å². The number of amides is 1. The van der Waals surface area contributed by atoms with E-state index in [9.17, 15) is 4.79 Å². The summed E-state index contributed by atoms with van der Waals surface area (Å²) in [6, 6.07) is 8.51. The number of hydrogen-bond acceptors (Lipinski definition) is 2. The van der Waals surface area contributed by atoms with E-state index in [4.69, 9.17) is 0 Å². The third-order valence-electron chi connectivity index (χ3n) is 5.25. The second-order valence-corrected chi connectivity index (χ2v) is 7.18. The molecule has 1 amide bonds. The molecule has 0 saturated carbocycles. The number of likely N-dealkylation sites (tertiary alicyclic amines) is 1. The Morgan fingerprint density at radius 3 is 2.71 bits per heavy atom. The molecular formula is C20H27N3O. The van der Waals surface area contributed by atoms with Crippen LogP contribution in [0.4, 0.5) is 0 Å². The number of hydrogen-bond donors (Lipinski definition) is 0. The summed E-state index contributed by atoms with van der Waals surface area (Å²) in [5.41, 5.74) is 5.53. The van der Waals surface area contributed by atoms with Gasteiger partial charge in [-0.2, -0.15) is 5.10 Å². The van der Waals surface area contributed by atoms with Gasteiger partial charge in [0.25, 0.3) is 5.91 Å². The number of carbonyl (C=O) groups is 1. The van der Waals surface area contributed by atoms with Crippen LogP contribution >= 0.6 is 0 Å². The average molecular weight is 325 g/mol. The number of benzene rings is 1.